The minimum absolute atomic E-state index is 0.119. The number of halogens is 1. The van der Waals surface area contributed by atoms with Gasteiger partial charge < -0.3 is 9.84 Å². The molecule has 0 aliphatic heterocycles. The molecule has 3 aromatic carbocycles. The number of rotatable bonds is 5. The summed E-state index contributed by atoms with van der Waals surface area (Å²) in [6.07, 6.45) is 1.45. The van der Waals surface area contributed by atoms with E-state index in [4.69, 9.17) is 16.3 Å². The van der Waals surface area contributed by atoms with Crippen LogP contribution in [-0.4, -0.2) is 23.8 Å². The second kappa shape index (κ2) is 8.10. The van der Waals surface area contributed by atoms with Gasteiger partial charge in [-0.2, -0.15) is 5.10 Å². The zero-order valence-corrected chi connectivity index (χ0v) is 15.7. The van der Waals surface area contributed by atoms with Crippen LogP contribution in [-0.2, 0) is 0 Å². The van der Waals surface area contributed by atoms with Crippen molar-refractivity contribution in [2.45, 2.75) is 13.8 Å². The second-order valence-electron chi connectivity index (χ2n) is 5.96. The predicted octanol–water partition coefficient (Wildman–Crippen LogP) is 4.67. The monoisotopic (exact) mass is 382 g/mol. The lowest BCUT2D eigenvalue weighted by atomic mass is 9.99. The molecule has 0 aromatic heterocycles. The van der Waals surface area contributed by atoms with Crippen molar-refractivity contribution in [2.24, 2.45) is 5.10 Å². The Balaban J connectivity index is 1.83. The molecule has 2 N–H and O–H groups in total. The Morgan fingerprint density at radius 1 is 1.26 bits per heavy atom. The van der Waals surface area contributed by atoms with Gasteiger partial charge in [0.15, 0.2) is 11.5 Å². The van der Waals surface area contributed by atoms with Gasteiger partial charge in [0.05, 0.1) is 23.4 Å². The minimum Gasteiger partial charge on any atom is -0.503 e. The van der Waals surface area contributed by atoms with Crippen molar-refractivity contribution in [3.05, 3.63) is 70.2 Å². The van der Waals surface area contributed by atoms with Crippen LogP contribution in [0.4, 0.5) is 0 Å². The van der Waals surface area contributed by atoms with Gasteiger partial charge in [0.2, 0.25) is 0 Å². The normalized spacial score (nSPS) is 11.1. The van der Waals surface area contributed by atoms with Crippen molar-refractivity contribution in [3.63, 3.8) is 0 Å². The van der Waals surface area contributed by atoms with E-state index in [9.17, 15) is 9.90 Å². The lowest BCUT2D eigenvalue weighted by molar-refractivity contribution is 0.0956. The number of nitrogens with zero attached hydrogens (tertiary/aromatic N) is 1. The Morgan fingerprint density at radius 3 is 2.81 bits per heavy atom. The SMILES string of the molecule is CCOc1cc(/C=N\NC(=O)c2c(C)ccc3ccccc23)cc(Cl)c1O. The van der Waals surface area contributed by atoms with E-state index in [1.54, 1.807) is 13.0 Å². The van der Waals surface area contributed by atoms with Gasteiger partial charge in [-0.3, -0.25) is 4.79 Å². The number of benzene rings is 3. The highest BCUT2D eigenvalue weighted by Gasteiger charge is 2.13. The molecule has 0 heterocycles. The number of carbonyl (C=O) groups is 1. The number of hydrazone groups is 1. The standard InChI is InChI=1S/C21H19ClN2O3/c1-3-27-18-11-14(10-17(22)20(18)25)12-23-24-21(26)19-13(2)8-9-15-6-4-5-7-16(15)19/h4-12,25H,3H2,1-2H3,(H,24,26)/b23-12-. The molecule has 0 saturated heterocycles. The first-order valence-corrected chi connectivity index (χ1v) is 8.86. The molecular formula is C21H19ClN2O3. The number of ether oxygens (including phenoxy) is 1. The maximum Gasteiger partial charge on any atom is 0.272 e. The molecule has 6 heteroatoms. The quantitative estimate of drug-likeness (QED) is 0.497. The van der Waals surface area contributed by atoms with Crippen molar-refractivity contribution < 1.29 is 14.6 Å². The zero-order chi connectivity index (χ0) is 19.4. The van der Waals surface area contributed by atoms with Gasteiger partial charge in [0.1, 0.15) is 0 Å². The molecule has 0 fully saturated rings. The van der Waals surface area contributed by atoms with Gasteiger partial charge in [-0.1, -0.05) is 48.0 Å². The summed E-state index contributed by atoms with van der Waals surface area (Å²) in [5.41, 5.74) is 4.60. The summed E-state index contributed by atoms with van der Waals surface area (Å²) in [4.78, 5) is 12.6. The van der Waals surface area contributed by atoms with Gasteiger partial charge in [-0.15, -0.1) is 0 Å². The van der Waals surface area contributed by atoms with Crippen molar-refractivity contribution in [3.8, 4) is 11.5 Å². The first-order chi connectivity index (χ1) is 13.0. The third-order valence-corrected chi connectivity index (χ3v) is 4.38. The van der Waals surface area contributed by atoms with Gasteiger partial charge >= 0.3 is 0 Å². The molecule has 0 unspecified atom stereocenters. The summed E-state index contributed by atoms with van der Waals surface area (Å²) < 4.78 is 5.34. The largest absolute Gasteiger partial charge is 0.503 e. The first-order valence-electron chi connectivity index (χ1n) is 8.48. The lowest BCUT2D eigenvalue weighted by Gasteiger charge is -2.09. The minimum atomic E-state index is -0.296. The van der Waals surface area contributed by atoms with Crippen LogP contribution in [0, 0.1) is 6.92 Å². The number of fused-ring (bicyclic) bond motifs is 1. The van der Waals surface area contributed by atoms with Crippen LogP contribution in [0.25, 0.3) is 10.8 Å². The average Bonchev–Trinajstić information content (AvgIpc) is 2.65. The van der Waals surface area contributed by atoms with E-state index in [-0.39, 0.29) is 22.4 Å². The van der Waals surface area contributed by atoms with Gasteiger partial charge in [0.25, 0.3) is 5.91 Å². The maximum atomic E-state index is 12.6. The molecule has 3 rings (SSSR count). The van der Waals surface area contributed by atoms with E-state index in [0.717, 1.165) is 16.3 Å². The van der Waals surface area contributed by atoms with Crippen molar-refractivity contribution in [2.75, 3.05) is 6.61 Å². The highest BCUT2D eigenvalue weighted by atomic mass is 35.5. The van der Waals surface area contributed by atoms with Crippen molar-refractivity contribution >= 4 is 34.5 Å². The highest BCUT2D eigenvalue weighted by Crippen LogP contribution is 2.34. The number of carbonyl (C=O) groups excluding carboxylic acids is 1. The third-order valence-electron chi connectivity index (χ3n) is 4.09. The Labute approximate surface area is 162 Å². The lowest BCUT2D eigenvalue weighted by Crippen LogP contribution is -2.19. The fourth-order valence-electron chi connectivity index (χ4n) is 2.84. The molecule has 27 heavy (non-hydrogen) atoms. The number of hydrogen-bond acceptors (Lipinski definition) is 4. The summed E-state index contributed by atoms with van der Waals surface area (Å²) in [5, 5.41) is 15.9. The average molecular weight is 383 g/mol. The number of nitrogens with one attached hydrogen (secondary N) is 1. The Hall–Kier alpha value is -3.05. The smallest absolute Gasteiger partial charge is 0.272 e. The molecule has 0 bridgehead atoms. The number of hydrogen-bond donors (Lipinski definition) is 2. The number of aromatic hydroxyl groups is 1. The number of aryl methyl sites for hydroxylation is 1. The third kappa shape index (κ3) is 4.04. The molecule has 0 saturated carbocycles. The second-order valence-corrected chi connectivity index (χ2v) is 6.37. The van der Waals surface area contributed by atoms with Crippen LogP contribution < -0.4 is 10.2 Å². The molecule has 0 aliphatic rings. The van der Waals surface area contributed by atoms with Gasteiger partial charge in [-0.25, -0.2) is 5.43 Å². The fourth-order valence-corrected chi connectivity index (χ4v) is 3.06. The Bertz CT molecular complexity index is 1030. The molecule has 0 atom stereocenters. The fraction of sp³-hybridized carbons (Fsp3) is 0.143. The Morgan fingerprint density at radius 2 is 2.04 bits per heavy atom. The predicted molar refractivity (Wildman–Crippen MR) is 108 cm³/mol. The maximum absolute atomic E-state index is 12.6. The summed E-state index contributed by atoms with van der Waals surface area (Å²) >= 11 is 6.00. The number of phenols is 1. The van der Waals surface area contributed by atoms with E-state index < -0.39 is 0 Å². The van der Waals surface area contributed by atoms with Gasteiger partial charge in [0, 0.05) is 0 Å². The van der Waals surface area contributed by atoms with Gasteiger partial charge in [-0.05, 0) is 47.9 Å². The van der Waals surface area contributed by atoms with Crippen molar-refractivity contribution in [1.29, 1.82) is 0 Å². The molecule has 3 aromatic rings. The molecule has 0 spiro atoms. The number of phenolic OH excluding ortho intramolecular Hbond substituents is 1. The number of amides is 1. The molecule has 1 amide bonds. The summed E-state index contributed by atoms with van der Waals surface area (Å²) in [7, 11) is 0. The zero-order valence-electron chi connectivity index (χ0n) is 15.0. The topological polar surface area (TPSA) is 70.9 Å². The molecule has 138 valence electrons. The van der Waals surface area contributed by atoms with E-state index in [2.05, 4.69) is 10.5 Å². The first kappa shape index (κ1) is 18.7. The molecule has 0 aliphatic carbocycles. The van der Waals surface area contributed by atoms with Crippen LogP contribution in [0.5, 0.6) is 11.5 Å². The molecule has 0 radical (unpaired) electrons. The van der Waals surface area contributed by atoms with Crippen LogP contribution in [0.2, 0.25) is 5.02 Å². The van der Waals surface area contributed by atoms with Crippen LogP contribution in [0.1, 0.15) is 28.4 Å². The summed E-state index contributed by atoms with van der Waals surface area (Å²) in [6.45, 7) is 4.08. The van der Waals surface area contributed by atoms with E-state index in [1.807, 2.05) is 43.3 Å². The Kier molecular flexibility index (Phi) is 5.62. The van der Waals surface area contributed by atoms with Crippen molar-refractivity contribution in [1.82, 2.24) is 5.43 Å². The molecular weight excluding hydrogens is 364 g/mol. The summed E-state index contributed by atoms with van der Waals surface area (Å²) in [6, 6.07) is 14.7. The molecule has 5 nitrogen and oxygen atoms in total. The summed E-state index contributed by atoms with van der Waals surface area (Å²) in [5.74, 6) is -0.149. The van der Waals surface area contributed by atoms with Crippen LogP contribution in [0.3, 0.4) is 0 Å². The van der Waals surface area contributed by atoms with E-state index in [1.165, 1.54) is 12.3 Å². The van der Waals surface area contributed by atoms with Crippen LogP contribution in [0.15, 0.2) is 53.6 Å². The van der Waals surface area contributed by atoms with E-state index in [0.29, 0.717) is 17.7 Å². The van der Waals surface area contributed by atoms with Crippen LogP contribution >= 0.6 is 11.6 Å². The highest BCUT2D eigenvalue weighted by molar-refractivity contribution is 6.32. The van der Waals surface area contributed by atoms with E-state index >= 15 is 0 Å².